The lowest BCUT2D eigenvalue weighted by Gasteiger charge is -2.30. The molecule has 32 heavy (non-hydrogen) atoms. The molecule has 0 aliphatic carbocycles. The summed E-state index contributed by atoms with van der Waals surface area (Å²) in [6.45, 7) is 3.75. The number of hydrogen-bond acceptors (Lipinski definition) is 7. The first-order valence-electron chi connectivity index (χ1n) is 10.6. The fraction of sp³-hybridized carbons (Fsp3) is 0.240. The molecule has 0 saturated heterocycles. The zero-order chi connectivity index (χ0) is 22.2. The molecule has 0 unspecified atom stereocenters. The first kappa shape index (κ1) is 20.1. The molecule has 5 rings (SSSR count). The number of nitrogens with two attached hydrogens (primary N) is 1. The first-order valence-corrected chi connectivity index (χ1v) is 10.6. The molecule has 0 bridgehead atoms. The number of pyridine rings is 1. The summed E-state index contributed by atoms with van der Waals surface area (Å²) in [4.78, 5) is 16.3. The second kappa shape index (κ2) is 8.00. The van der Waals surface area contributed by atoms with Gasteiger partial charge < -0.3 is 20.1 Å². The van der Waals surface area contributed by atoms with Gasteiger partial charge in [0.15, 0.2) is 11.5 Å². The fourth-order valence-corrected chi connectivity index (χ4v) is 4.49. The van der Waals surface area contributed by atoms with Crippen molar-refractivity contribution in [2.75, 3.05) is 31.4 Å². The van der Waals surface area contributed by atoms with Gasteiger partial charge in [-0.3, -0.25) is 4.98 Å². The topological polar surface area (TPSA) is 86.4 Å². The van der Waals surface area contributed by atoms with Crippen molar-refractivity contribution in [1.29, 1.82) is 0 Å². The van der Waals surface area contributed by atoms with Crippen molar-refractivity contribution in [2.45, 2.75) is 19.9 Å². The number of ether oxygens (including phenoxy) is 2. The summed E-state index contributed by atoms with van der Waals surface area (Å²) >= 11 is 0. The maximum absolute atomic E-state index is 6.53. The van der Waals surface area contributed by atoms with Crippen LogP contribution in [-0.4, -0.2) is 35.7 Å². The van der Waals surface area contributed by atoms with E-state index in [0.717, 1.165) is 30.8 Å². The summed E-state index contributed by atoms with van der Waals surface area (Å²) in [6, 6.07) is 14.0. The van der Waals surface area contributed by atoms with Crippen molar-refractivity contribution in [3.05, 3.63) is 65.4 Å². The van der Waals surface area contributed by atoms with E-state index < -0.39 is 0 Å². The van der Waals surface area contributed by atoms with E-state index in [1.54, 1.807) is 20.4 Å². The molecule has 4 aromatic rings. The lowest BCUT2D eigenvalue weighted by atomic mass is 9.95. The van der Waals surface area contributed by atoms with Crippen LogP contribution in [0.4, 0.5) is 11.8 Å². The number of nitrogen functional groups attached to an aromatic ring is 1. The van der Waals surface area contributed by atoms with Crippen LogP contribution in [0.25, 0.3) is 22.2 Å². The van der Waals surface area contributed by atoms with E-state index in [0.29, 0.717) is 34.2 Å². The monoisotopic (exact) mass is 427 g/mol. The number of anilines is 2. The third kappa shape index (κ3) is 3.26. The molecule has 7 nitrogen and oxygen atoms in total. The predicted octanol–water partition coefficient (Wildman–Crippen LogP) is 4.16. The standard InChI is InChI=1S/C25H25N5O2/c1-15-7-6-8-16-14-30(12-10-17(15)16)25-28-19-13-20(31-2)23(32-3)21(22(19)24(26)29-25)18-9-4-5-11-27-18/h4-9,11,13H,10,12,14H2,1-3H3,(H2,26,28,29). The van der Waals surface area contributed by atoms with Crippen LogP contribution in [0.5, 0.6) is 11.5 Å². The van der Waals surface area contributed by atoms with Gasteiger partial charge >= 0.3 is 0 Å². The Morgan fingerprint density at radius 2 is 1.91 bits per heavy atom. The molecular weight excluding hydrogens is 402 g/mol. The molecule has 162 valence electrons. The smallest absolute Gasteiger partial charge is 0.228 e. The molecule has 0 saturated carbocycles. The van der Waals surface area contributed by atoms with Gasteiger partial charge in [0.1, 0.15) is 5.82 Å². The van der Waals surface area contributed by atoms with E-state index in [2.05, 4.69) is 35.0 Å². The van der Waals surface area contributed by atoms with E-state index in [9.17, 15) is 0 Å². The highest BCUT2D eigenvalue weighted by atomic mass is 16.5. The number of methoxy groups -OCH3 is 2. The summed E-state index contributed by atoms with van der Waals surface area (Å²) in [7, 11) is 3.22. The van der Waals surface area contributed by atoms with Gasteiger partial charge in [0.2, 0.25) is 5.95 Å². The number of hydrogen-bond donors (Lipinski definition) is 1. The van der Waals surface area contributed by atoms with Gasteiger partial charge in [-0.1, -0.05) is 24.3 Å². The molecular formula is C25H25N5O2. The molecule has 1 aliphatic rings. The molecule has 7 heteroatoms. The van der Waals surface area contributed by atoms with Crippen LogP contribution in [-0.2, 0) is 13.0 Å². The Morgan fingerprint density at radius 1 is 1.03 bits per heavy atom. The van der Waals surface area contributed by atoms with Crippen LogP contribution < -0.4 is 20.1 Å². The molecule has 0 radical (unpaired) electrons. The molecule has 2 aromatic carbocycles. The van der Waals surface area contributed by atoms with Crippen LogP contribution in [0.15, 0.2) is 48.7 Å². The Morgan fingerprint density at radius 3 is 2.66 bits per heavy atom. The molecule has 0 amide bonds. The highest BCUT2D eigenvalue weighted by Crippen LogP contribution is 2.44. The Balaban J connectivity index is 1.67. The van der Waals surface area contributed by atoms with Crippen molar-refractivity contribution in [3.8, 4) is 22.8 Å². The van der Waals surface area contributed by atoms with Crippen LogP contribution in [0.3, 0.4) is 0 Å². The Kier molecular flexibility index (Phi) is 5.01. The van der Waals surface area contributed by atoms with Gasteiger partial charge in [-0.25, -0.2) is 4.98 Å². The van der Waals surface area contributed by atoms with Gasteiger partial charge in [0.05, 0.1) is 36.4 Å². The molecule has 0 spiro atoms. The summed E-state index contributed by atoms with van der Waals surface area (Å²) in [5.74, 6) is 2.14. The van der Waals surface area contributed by atoms with Crippen molar-refractivity contribution >= 4 is 22.7 Å². The number of fused-ring (bicyclic) bond motifs is 2. The molecule has 0 atom stereocenters. The minimum absolute atomic E-state index is 0.390. The molecule has 3 heterocycles. The van der Waals surface area contributed by atoms with Crippen molar-refractivity contribution in [2.24, 2.45) is 0 Å². The number of rotatable bonds is 4. The minimum Gasteiger partial charge on any atom is -0.493 e. The summed E-state index contributed by atoms with van der Waals surface area (Å²) in [6.07, 6.45) is 2.69. The average molecular weight is 428 g/mol. The zero-order valence-corrected chi connectivity index (χ0v) is 18.4. The van der Waals surface area contributed by atoms with Gasteiger partial charge in [-0.15, -0.1) is 0 Å². The second-order valence-electron chi connectivity index (χ2n) is 7.89. The molecule has 0 fully saturated rings. The number of aromatic nitrogens is 3. The molecule has 2 aromatic heterocycles. The zero-order valence-electron chi connectivity index (χ0n) is 18.4. The highest BCUT2D eigenvalue weighted by Gasteiger charge is 2.24. The fourth-order valence-electron chi connectivity index (χ4n) is 4.49. The van der Waals surface area contributed by atoms with Crippen molar-refractivity contribution in [3.63, 3.8) is 0 Å². The quantitative estimate of drug-likeness (QED) is 0.523. The Hall–Kier alpha value is -3.87. The van der Waals surface area contributed by atoms with E-state index in [-0.39, 0.29) is 0 Å². The average Bonchev–Trinajstić information content (AvgIpc) is 2.83. The van der Waals surface area contributed by atoms with Gasteiger partial charge in [0.25, 0.3) is 0 Å². The molecule has 2 N–H and O–H groups in total. The van der Waals surface area contributed by atoms with Gasteiger partial charge in [0, 0.05) is 25.4 Å². The van der Waals surface area contributed by atoms with Crippen molar-refractivity contribution in [1.82, 2.24) is 15.0 Å². The predicted molar refractivity (Wildman–Crippen MR) is 126 cm³/mol. The van der Waals surface area contributed by atoms with Crippen LogP contribution in [0, 0.1) is 6.92 Å². The first-order chi connectivity index (χ1) is 15.6. The lowest BCUT2D eigenvalue weighted by Crippen LogP contribution is -2.32. The summed E-state index contributed by atoms with van der Waals surface area (Å²) in [5.41, 5.74) is 12.7. The van der Waals surface area contributed by atoms with E-state index in [1.165, 1.54) is 16.7 Å². The van der Waals surface area contributed by atoms with Crippen LogP contribution >= 0.6 is 0 Å². The number of nitrogens with zero attached hydrogens (tertiary/aromatic N) is 4. The van der Waals surface area contributed by atoms with Crippen molar-refractivity contribution < 1.29 is 9.47 Å². The summed E-state index contributed by atoms with van der Waals surface area (Å²) in [5, 5.41) is 0.707. The Bertz CT molecular complexity index is 1310. The number of benzene rings is 2. The van der Waals surface area contributed by atoms with Crippen LogP contribution in [0.2, 0.25) is 0 Å². The number of aryl methyl sites for hydroxylation is 1. The third-order valence-corrected chi connectivity index (χ3v) is 6.05. The van der Waals surface area contributed by atoms with E-state index in [1.807, 2.05) is 24.3 Å². The largest absolute Gasteiger partial charge is 0.493 e. The maximum atomic E-state index is 6.53. The molecule has 1 aliphatic heterocycles. The van der Waals surface area contributed by atoms with E-state index >= 15 is 0 Å². The third-order valence-electron chi connectivity index (χ3n) is 6.05. The summed E-state index contributed by atoms with van der Waals surface area (Å²) < 4.78 is 11.3. The SMILES string of the molecule is COc1cc2nc(N3CCc4c(C)cccc4C3)nc(N)c2c(-c2ccccn2)c1OC. The van der Waals surface area contributed by atoms with E-state index in [4.69, 9.17) is 25.2 Å². The van der Waals surface area contributed by atoms with Gasteiger partial charge in [-0.2, -0.15) is 4.98 Å². The highest BCUT2D eigenvalue weighted by molar-refractivity contribution is 6.05. The van der Waals surface area contributed by atoms with Gasteiger partial charge in [-0.05, 0) is 42.2 Å². The lowest BCUT2D eigenvalue weighted by molar-refractivity contribution is 0.357. The second-order valence-corrected chi connectivity index (χ2v) is 7.89. The Labute approximate surface area is 186 Å². The van der Waals surface area contributed by atoms with Crippen LogP contribution in [0.1, 0.15) is 16.7 Å². The maximum Gasteiger partial charge on any atom is 0.228 e. The minimum atomic E-state index is 0.390. The normalized spacial score (nSPS) is 13.2.